The zero-order valence-corrected chi connectivity index (χ0v) is 7.77. The number of unbranched alkanes of at least 4 members (excludes halogenated alkanes) is 1. The fourth-order valence-electron chi connectivity index (χ4n) is 1.16. The van der Waals surface area contributed by atoms with Crippen LogP contribution in [0.5, 0.6) is 0 Å². The summed E-state index contributed by atoms with van der Waals surface area (Å²) in [5.41, 5.74) is 0.544. The molecule has 1 heterocycles. The second kappa shape index (κ2) is 4.84. The van der Waals surface area contributed by atoms with E-state index in [0.29, 0.717) is 12.2 Å². The molecule has 1 aromatic rings. The molecule has 1 rings (SSSR count). The summed E-state index contributed by atoms with van der Waals surface area (Å²) in [7, 11) is 0. The lowest BCUT2D eigenvalue weighted by molar-refractivity contribution is 0.644. The fraction of sp³-hybridized carbons (Fsp3) is 0.300. The number of imidazole rings is 1. The zero-order valence-electron chi connectivity index (χ0n) is 7.77. The first-order chi connectivity index (χ1) is 6.83. The number of aromatic nitrogens is 2. The highest BCUT2D eigenvalue weighted by Crippen LogP contribution is 2.06. The highest BCUT2D eigenvalue weighted by molar-refractivity contribution is 5.35. The molecule has 14 heavy (non-hydrogen) atoms. The lowest BCUT2D eigenvalue weighted by atomic mass is 10.3. The SMILES string of the molecule is C=CCCCn1cnc(C#N)c1C#N. The molecule has 4 heteroatoms. The van der Waals surface area contributed by atoms with Crippen LogP contribution in [0.15, 0.2) is 19.0 Å². The minimum atomic E-state index is 0.200. The number of aryl methyl sites for hydroxylation is 1. The second-order valence-corrected chi connectivity index (χ2v) is 2.79. The third kappa shape index (κ3) is 1.99. The van der Waals surface area contributed by atoms with Gasteiger partial charge in [-0.05, 0) is 12.8 Å². The van der Waals surface area contributed by atoms with Crippen molar-refractivity contribution in [3.63, 3.8) is 0 Å². The smallest absolute Gasteiger partial charge is 0.176 e. The van der Waals surface area contributed by atoms with Crippen LogP contribution in [0.2, 0.25) is 0 Å². The van der Waals surface area contributed by atoms with Gasteiger partial charge in [0.1, 0.15) is 12.1 Å². The van der Waals surface area contributed by atoms with E-state index < -0.39 is 0 Å². The zero-order chi connectivity index (χ0) is 10.4. The maximum absolute atomic E-state index is 8.79. The molecule has 0 amide bonds. The molecule has 0 aromatic carbocycles. The van der Waals surface area contributed by atoms with E-state index in [9.17, 15) is 0 Å². The number of rotatable bonds is 4. The van der Waals surface area contributed by atoms with E-state index in [4.69, 9.17) is 10.5 Å². The molecular weight excluding hydrogens is 176 g/mol. The Labute approximate surface area is 82.7 Å². The van der Waals surface area contributed by atoms with Crippen molar-refractivity contribution >= 4 is 0 Å². The monoisotopic (exact) mass is 186 g/mol. The van der Waals surface area contributed by atoms with Crippen molar-refractivity contribution in [2.24, 2.45) is 0 Å². The Morgan fingerprint density at radius 1 is 1.50 bits per heavy atom. The van der Waals surface area contributed by atoms with Gasteiger partial charge in [-0.3, -0.25) is 0 Å². The fourth-order valence-corrected chi connectivity index (χ4v) is 1.16. The Balaban J connectivity index is 2.79. The Morgan fingerprint density at radius 3 is 2.86 bits per heavy atom. The van der Waals surface area contributed by atoms with E-state index in [1.165, 1.54) is 6.33 Å². The van der Waals surface area contributed by atoms with Crippen molar-refractivity contribution in [2.75, 3.05) is 0 Å². The lowest BCUT2D eigenvalue weighted by Crippen LogP contribution is -1.99. The molecule has 70 valence electrons. The minimum absolute atomic E-state index is 0.200. The summed E-state index contributed by atoms with van der Waals surface area (Å²) in [6.45, 7) is 4.31. The Morgan fingerprint density at radius 2 is 2.29 bits per heavy atom. The van der Waals surface area contributed by atoms with Crippen LogP contribution in [0.3, 0.4) is 0 Å². The van der Waals surface area contributed by atoms with Crippen molar-refractivity contribution in [2.45, 2.75) is 19.4 Å². The molecule has 0 aliphatic carbocycles. The van der Waals surface area contributed by atoms with Gasteiger partial charge in [0.05, 0.1) is 6.33 Å². The van der Waals surface area contributed by atoms with Crippen LogP contribution in [0.1, 0.15) is 24.2 Å². The topological polar surface area (TPSA) is 65.4 Å². The molecule has 0 atom stereocenters. The molecule has 0 N–H and O–H groups in total. The highest BCUT2D eigenvalue weighted by atomic mass is 15.1. The summed E-state index contributed by atoms with van der Waals surface area (Å²) in [5, 5.41) is 17.4. The van der Waals surface area contributed by atoms with Crippen LogP contribution in [0.4, 0.5) is 0 Å². The summed E-state index contributed by atoms with van der Waals surface area (Å²) in [6, 6.07) is 3.86. The summed E-state index contributed by atoms with van der Waals surface area (Å²) in [4.78, 5) is 3.84. The Kier molecular flexibility index (Phi) is 3.46. The first-order valence-corrected chi connectivity index (χ1v) is 4.29. The normalized spacial score (nSPS) is 9.00. The molecule has 0 aliphatic rings. The van der Waals surface area contributed by atoms with Gasteiger partial charge in [-0.15, -0.1) is 6.58 Å². The molecule has 0 aliphatic heterocycles. The Bertz CT molecular complexity index is 403. The molecular formula is C10H10N4. The first-order valence-electron chi connectivity index (χ1n) is 4.29. The molecule has 1 aromatic heterocycles. The highest BCUT2D eigenvalue weighted by Gasteiger charge is 2.08. The molecule has 4 nitrogen and oxygen atoms in total. The van der Waals surface area contributed by atoms with Crippen LogP contribution >= 0.6 is 0 Å². The summed E-state index contributed by atoms with van der Waals surface area (Å²) in [6.07, 6.45) is 5.15. The van der Waals surface area contributed by atoms with Gasteiger partial charge in [0.25, 0.3) is 0 Å². The van der Waals surface area contributed by atoms with E-state index in [-0.39, 0.29) is 5.69 Å². The van der Waals surface area contributed by atoms with Crippen LogP contribution < -0.4 is 0 Å². The molecule has 0 saturated heterocycles. The van der Waals surface area contributed by atoms with Crippen molar-refractivity contribution in [1.29, 1.82) is 10.5 Å². The number of nitrogens with zero attached hydrogens (tertiary/aromatic N) is 4. The first kappa shape index (κ1) is 10.0. The van der Waals surface area contributed by atoms with Crippen molar-refractivity contribution < 1.29 is 0 Å². The van der Waals surface area contributed by atoms with Crippen LogP contribution in [0, 0.1) is 22.7 Å². The van der Waals surface area contributed by atoms with Crippen LogP contribution in [-0.2, 0) is 6.54 Å². The predicted octanol–water partition coefficient (Wildman–Crippen LogP) is 1.59. The van der Waals surface area contributed by atoms with Gasteiger partial charge in [0.2, 0.25) is 0 Å². The van der Waals surface area contributed by atoms with Gasteiger partial charge in [0.15, 0.2) is 11.4 Å². The van der Waals surface area contributed by atoms with Gasteiger partial charge in [-0.25, -0.2) is 4.98 Å². The van der Waals surface area contributed by atoms with Gasteiger partial charge < -0.3 is 4.57 Å². The maximum Gasteiger partial charge on any atom is 0.176 e. The quantitative estimate of drug-likeness (QED) is 0.529. The van der Waals surface area contributed by atoms with E-state index in [0.717, 1.165) is 12.8 Å². The average Bonchev–Trinajstić information content (AvgIpc) is 2.60. The van der Waals surface area contributed by atoms with E-state index in [1.54, 1.807) is 4.57 Å². The number of nitriles is 2. The lowest BCUT2D eigenvalue weighted by Gasteiger charge is -2.00. The van der Waals surface area contributed by atoms with Crippen molar-refractivity contribution in [1.82, 2.24) is 9.55 Å². The summed E-state index contributed by atoms with van der Waals surface area (Å²) >= 11 is 0. The van der Waals surface area contributed by atoms with Crippen molar-refractivity contribution in [3.8, 4) is 12.1 Å². The number of hydrogen-bond acceptors (Lipinski definition) is 3. The molecule has 0 spiro atoms. The van der Waals surface area contributed by atoms with E-state index in [2.05, 4.69) is 11.6 Å². The maximum atomic E-state index is 8.79. The third-order valence-electron chi connectivity index (χ3n) is 1.86. The predicted molar refractivity (Wildman–Crippen MR) is 51.1 cm³/mol. The molecule has 0 unspecified atom stereocenters. The third-order valence-corrected chi connectivity index (χ3v) is 1.86. The van der Waals surface area contributed by atoms with Gasteiger partial charge >= 0.3 is 0 Å². The summed E-state index contributed by atoms with van der Waals surface area (Å²) in [5.74, 6) is 0. The molecule has 0 bridgehead atoms. The second-order valence-electron chi connectivity index (χ2n) is 2.79. The Hall–Kier alpha value is -2.07. The van der Waals surface area contributed by atoms with Crippen LogP contribution in [0.25, 0.3) is 0 Å². The summed E-state index contributed by atoms with van der Waals surface area (Å²) < 4.78 is 1.70. The van der Waals surface area contributed by atoms with Gasteiger partial charge in [0, 0.05) is 6.54 Å². The minimum Gasteiger partial charge on any atom is -0.321 e. The van der Waals surface area contributed by atoms with Gasteiger partial charge in [-0.2, -0.15) is 10.5 Å². The number of allylic oxidation sites excluding steroid dienone is 1. The number of hydrogen-bond donors (Lipinski definition) is 0. The van der Waals surface area contributed by atoms with Crippen LogP contribution in [-0.4, -0.2) is 9.55 Å². The average molecular weight is 186 g/mol. The van der Waals surface area contributed by atoms with E-state index in [1.807, 2.05) is 18.2 Å². The largest absolute Gasteiger partial charge is 0.321 e. The standard InChI is InChI=1S/C10H10N4/c1-2-3-4-5-14-8-13-9(6-11)10(14)7-12/h2,8H,1,3-5H2. The molecule has 0 saturated carbocycles. The molecule has 0 fully saturated rings. The van der Waals surface area contributed by atoms with E-state index >= 15 is 0 Å². The molecule has 0 radical (unpaired) electrons. The van der Waals surface area contributed by atoms with Gasteiger partial charge in [-0.1, -0.05) is 6.08 Å². The van der Waals surface area contributed by atoms with Crippen molar-refractivity contribution in [3.05, 3.63) is 30.4 Å².